The van der Waals surface area contributed by atoms with E-state index in [-0.39, 0.29) is 6.10 Å². The molecule has 0 saturated carbocycles. The van der Waals surface area contributed by atoms with Crippen molar-refractivity contribution in [3.63, 3.8) is 0 Å². The van der Waals surface area contributed by atoms with Crippen LogP contribution in [-0.2, 0) is 0 Å². The highest BCUT2D eigenvalue weighted by Crippen LogP contribution is 2.29. The van der Waals surface area contributed by atoms with Crippen molar-refractivity contribution in [3.8, 4) is 11.5 Å². The molecule has 106 valence electrons. The Bertz CT molecular complexity index is 582. The summed E-state index contributed by atoms with van der Waals surface area (Å²) in [6.45, 7) is 3.95. The molecule has 20 heavy (non-hydrogen) atoms. The molecule has 0 heterocycles. The molecule has 0 saturated heterocycles. The number of hydrogen-bond acceptors (Lipinski definition) is 4. The summed E-state index contributed by atoms with van der Waals surface area (Å²) in [5, 5.41) is 3.30. The average Bonchev–Trinajstić information content (AvgIpc) is 2.42. The van der Waals surface area contributed by atoms with Crippen LogP contribution >= 0.6 is 0 Å². The molecule has 0 aliphatic heterocycles. The minimum atomic E-state index is 0.0874. The zero-order valence-corrected chi connectivity index (χ0v) is 12.0. The molecule has 0 aliphatic carbocycles. The topological polar surface area (TPSA) is 56.5 Å². The third-order valence-corrected chi connectivity index (χ3v) is 2.73. The zero-order valence-electron chi connectivity index (χ0n) is 12.0. The number of rotatable bonds is 5. The van der Waals surface area contributed by atoms with E-state index in [0.29, 0.717) is 11.4 Å². The fourth-order valence-electron chi connectivity index (χ4n) is 1.84. The fourth-order valence-corrected chi connectivity index (χ4v) is 1.84. The summed E-state index contributed by atoms with van der Waals surface area (Å²) in [5.41, 5.74) is 8.41. The van der Waals surface area contributed by atoms with Crippen LogP contribution in [0.2, 0.25) is 0 Å². The van der Waals surface area contributed by atoms with E-state index in [2.05, 4.69) is 5.32 Å². The molecule has 0 spiro atoms. The minimum absolute atomic E-state index is 0.0874. The summed E-state index contributed by atoms with van der Waals surface area (Å²) in [6.07, 6.45) is 0.0874. The van der Waals surface area contributed by atoms with Crippen LogP contribution in [0.25, 0.3) is 0 Å². The Kier molecular flexibility index (Phi) is 4.35. The Balaban J connectivity index is 2.20. The maximum Gasteiger partial charge on any atom is 0.144 e. The molecule has 4 heteroatoms. The normalized spacial score (nSPS) is 10.4. The predicted molar refractivity (Wildman–Crippen MR) is 82.9 cm³/mol. The van der Waals surface area contributed by atoms with Crippen molar-refractivity contribution in [2.75, 3.05) is 18.2 Å². The molecular weight excluding hydrogens is 252 g/mol. The lowest BCUT2D eigenvalue weighted by Gasteiger charge is -2.14. The molecule has 2 aromatic rings. The first-order valence-electron chi connectivity index (χ1n) is 6.55. The monoisotopic (exact) mass is 272 g/mol. The van der Waals surface area contributed by atoms with Gasteiger partial charge in [0.15, 0.2) is 0 Å². The molecule has 0 bridgehead atoms. The average molecular weight is 272 g/mol. The van der Waals surface area contributed by atoms with Crippen LogP contribution in [0.15, 0.2) is 42.5 Å². The third-order valence-electron chi connectivity index (χ3n) is 2.73. The van der Waals surface area contributed by atoms with Crippen LogP contribution in [0, 0.1) is 0 Å². The molecule has 2 rings (SSSR count). The standard InChI is InChI=1S/C16H20N2O2/c1-11(2)20-16-10-13(7-8-15(16)17)18-12-5-4-6-14(9-12)19-3/h4-11,18H,17H2,1-3H3. The van der Waals surface area contributed by atoms with Crippen LogP contribution in [0.1, 0.15) is 13.8 Å². The van der Waals surface area contributed by atoms with Gasteiger partial charge in [-0.15, -0.1) is 0 Å². The van der Waals surface area contributed by atoms with Gasteiger partial charge in [0.05, 0.1) is 18.9 Å². The first-order valence-corrected chi connectivity index (χ1v) is 6.55. The van der Waals surface area contributed by atoms with Crippen molar-refractivity contribution < 1.29 is 9.47 Å². The van der Waals surface area contributed by atoms with Gasteiger partial charge in [0.2, 0.25) is 0 Å². The van der Waals surface area contributed by atoms with E-state index >= 15 is 0 Å². The van der Waals surface area contributed by atoms with Crippen molar-refractivity contribution in [1.29, 1.82) is 0 Å². The first-order chi connectivity index (χ1) is 9.58. The molecule has 0 aliphatic rings. The van der Waals surface area contributed by atoms with E-state index in [9.17, 15) is 0 Å². The second kappa shape index (κ2) is 6.19. The van der Waals surface area contributed by atoms with Crippen LogP contribution < -0.4 is 20.5 Å². The Labute approximate surface area is 119 Å². The molecule has 0 aromatic heterocycles. The summed E-state index contributed by atoms with van der Waals surface area (Å²) >= 11 is 0. The molecule has 0 radical (unpaired) electrons. The van der Waals surface area contributed by atoms with E-state index in [1.54, 1.807) is 7.11 Å². The summed E-state index contributed by atoms with van der Waals surface area (Å²) in [5.74, 6) is 1.50. The Morgan fingerprint density at radius 2 is 1.80 bits per heavy atom. The maximum absolute atomic E-state index is 5.90. The third kappa shape index (κ3) is 3.57. The second-order valence-electron chi connectivity index (χ2n) is 4.78. The Morgan fingerprint density at radius 3 is 2.50 bits per heavy atom. The van der Waals surface area contributed by atoms with Gasteiger partial charge in [-0.3, -0.25) is 0 Å². The highest BCUT2D eigenvalue weighted by atomic mass is 16.5. The molecular formula is C16H20N2O2. The van der Waals surface area contributed by atoms with Gasteiger partial charge in [-0.1, -0.05) is 6.07 Å². The van der Waals surface area contributed by atoms with Crippen molar-refractivity contribution in [2.45, 2.75) is 20.0 Å². The predicted octanol–water partition coefficient (Wildman–Crippen LogP) is 3.81. The minimum Gasteiger partial charge on any atom is -0.497 e. The number of nitrogens with two attached hydrogens (primary N) is 1. The molecule has 4 nitrogen and oxygen atoms in total. The van der Waals surface area contributed by atoms with Crippen LogP contribution in [0.3, 0.4) is 0 Å². The summed E-state index contributed by atoms with van der Waals surface area (Å²) < 4.78 is 10.9. The molecule has 0 unspecified atom stereocenters. The molecule has 3 N–H and O–H groups in total. The van der Waals surface area contributed by atoms with E-state index in [1.807, 2.05) is 56.3 Å². The van der Waals surface area contributed by atoms with Gasteiger partial charge in [-0.25, -0.2) is 0 Å². The number of methoxy groups -OCH3 is 1. The number of anilines is 3. The quantitative estimate of drug-likeness (QED) is 0.813. The van der Waals surface area contributed by atoms with E-state index in [4.69, 9.17) is 15.2 Å². The molecule has 0 fully saturated rings. The van der Waals surface area contributed by atoms with Gasteiger partial charge in [-0.05, 0) is 38.1 Å². The molecule has 0 atom stereocenters. The van der Waals surface area contributed by atoms with E-state index in [0.717, 1.165) is 17.1 Å². The highest BCUT2D eigenvalue weighted by Gasteiger charge is 2.05. The highest BCUT2D eigenvalue weighted by molar-refractivity contribution is 5.67. The second-order valence-corrected chi connectivity index (χ2v) is 4.78. The SMILES string of the molecule is COc1cccc(Nc2ccc(N)c(OC(C)C)c2)c1. The van der Waals surface area contributed by atoms with Crippen LogP contribution in [-0.4, -0.2) is 13.2 Å². The van der Waals surface area contributed by atoms with Crippen molar-refractivity contribution in [1.82, 2.24) is 0 Å². The van der Waals surface area contributed by atoms with E-state index in [1.165, 1.54) is 0 Å². The van der Waals surface area contributed by atoms with Gasteiger partial charge >= 0.3 is 0 Å². The van der Waals surface area contributed by atoms with Gasteiger partial charge < -0.3 is 20.5 Å². The summed E-state index contributed by atoms with van der Waals surface area (Å²) in [4.78, 5) is 0. The van der Waals surface area contributed by atoms with Crippen LogP contribution in [0.5, 0.6) is 11.5 Å². The lowest BCUT2D eigenvalue weighted by Crippen LogP contribution is -2.07. The number of hydrogen-bond donors (Lipinski definition) is 2. The van der Waals surface area contributed by atoms with Gasteiger partial charge in [0.1, 0.15) is 11.5 Å². The van der Waals surface area contributed by atoms with Crippen molar-refractivity contribution in [2.24, 2.45) is 0 Å². The summed E-state index contributed by atoms with van der Waals surface area (Å²) in [6, 6.07) is 13.4. The van der Waals surface area contributed by atoms with Crippen molar-refractivity contribution >= 4 is 17.1 Å². The van der Waals surface area contributed by atoms with E-state index < -0.39 is 0 Å². The smallest absolute Gasteiger partial charge is 0.144 e. The molecule has 0 amide bonds. The number of benzene rings is 2. The Hall–Kier alpha value is -2.36. The molecule has 2 aromatic carbocycles. The lowest BCUT2D eigenvalue weighted by atomic mass is 10.2. The maximum atomic E-state index is 5.90. The van der Waals surface area contributed by atoms with Gasteiger partial charge in [-0.2, -0.15) is 0 Å². The zero-order chi connectivity index (χ0) is 14.5. The fraction of sp³-hybridized carbons (Fsp3) is 0.250. The van der Waals surface area contributed by atoms with Gasteiger partial charge in [0, 0.05) is 23.5 Å². The van der Waals surface area contributed by atoms with Crippen molar-refractivity contribution in [3.05, 3.63) is 42.5 Å². The van der Waals surface area contributed by atoms with Gasteiger partial charge in [0.25, 0.3) is 0 Å². The number of ether oxygens (including phenoxy) is 2. The first kappa shape index (κ1) is 14.1. The van der Waals surface area contributed by atoms with Crippen LogP contribution in [0.4, 0.5) is 17.1 Å². The summed E-state index contributed by atoms with van der Waals surface area (Å²) in [7, 11) is 1.65. The Morgan fingerprint density at radius 1 is 1.05 bits per heavy atom. The largest absolute Gasteiger partial charge is 0.497 e. The number of nitrogen functional groups attached to an aromatic ring is 1. The number of nitrogens with one attached hydrogen (secondary N) is 1. The lowest BCUT2D eigenvalue weighted by molar-refractivity contribution is 0.244.